The van der Waals surface area contributed by atoms with Crippen LogP contribution in [-0.4, -0.2) is 63.4 Å². The van der Waals surface area contributed by atoms with Crippen molar-refractivity contribution in [3.63, 3.8) is 0 Å². The molecular weight excluding hydrogens is 256 g/mol. The number of hydrogen-bond acceptors (Lipinski definition) is 4. The van der Waals surface area contributed by atoms with Gasteiger partial charge in [0.1, 0.15) is 6.04 Å². The van der Waals surface area contributed by atoms with E-state index in [0.29, 0.717) is 0 Å². The highest BCUT2D eigenvalue weighted by atomic mass is 16.4. The smallest absolute Gasteiger partial charge is 0.326 e. The maximum Gasteiger partial charge on any atom is 0.326 e. The van der Waals surface area contributed by atoms with E-state index in [9.17, 15) is 19.5 Å². The van der Waals surface area contributed by atoms with E-state index in [1.807, 2.05) is 0 Å². The third kappa shape index (κ3) is 7.98. The van der Waals surface area contributed by atoms with Crippen LogP contribution >= 0.6 is 0 Å². The predicted molar refractivity (Wildman–Crippen MR) is 65.8 cm³/mol. The van der Waals surface area contributed by atoms with Crippen LogP contribution in [0.2, 0.25) is 0 Å². The van der Waals surface area contributed by atoms with Gasteiger partial charge in [-0.3, -0.25) is 4.79 Å². The monoisotopic (exact) mass is 276 g/mol. The van der Waals surface area contributed by atoms with Gasteiger partial charge in [0.25, 0.3) is 0 Å². The summed E-state index contributed by atoms with van der Waals surface area (Å²) in [5.41, 5.74) is -1.11. The molecule has 0 aromatic rings. The van der Waals surface area contributed by atoms with Crippen molar-refractivity contribution in [2.45, 2.75) is 38.3 Å². The molecule has 0 aliphatic heterocycles. The molecule has 0 aliphatic carbocycles. The number of carboxylic acid groups (broad SMARTS) is 2. The third-order valence-corrected chi connectivity index (χ3v) is 2.21. The number of nitrogens with zero attached hydrogens (tertiary/aromatic N) is 1. The molecule has 0 spiro atoms. The lowest BCUT2D eigenvalue weighted by Gasteiger charge is -2.27. The number of rotatable bonds is 7. The van der Waals surface area contributed by atoms with Crippen molar-refractivity contribution in [1.29, 1.82) is 0 Å². The van der Waals surface area contributed by atoms with Crippen LogP contribution in [0.25, 0.3) is 0 Å². The van der Waals surface area contributed by atoms with E-state index in [1.54, 1.807) is 0 Å². The molecule has 0 heterocycles. The first-order chi connectivity index (χ1) is 8.53. The minimum Gasteiger partial charge on any atom is -0.481 e. The van der Waals surface area contributed by atoms with Gasteiger partial charge in [-0.15, -0.1) is 0 Å². The van der Waals surface area contributed by atoms with E-state index < -0.39 is 29.6 Å². The molecule has 0 saturated carbocycles. The lowest BCUT2D eigenvalue weighted by atomic mass is 10.1. The molecule has 8 heteroatoms. The highest BCUT2D eigenvalue weighted by Gasteiger charge is 2.25. The Labute approximate surface area is 111 Å². The summed E-state index contributed by atoms with van der Waals surface area (Å²) in [5.74, 6) is -2.43. The molecular formula is C11H20N2O6. The minimum absolute atomic E-state index is 0.0180. The van der Waals surface area contributed by atoms with Crippen LogP contribution in [-0.2, 0) is 9.59 Å². The Morgan fingerprint density at radius 2 is 1.79 bits per heavy atom. The molecule has 0 aliphatic rings. The first-order valence-corrected chi connectivity index (χ1v) is 5.71. The summed E-state index contributed by atoms with van der Waals surface area (Å²) < 4.78 is 0. The summed E-state index contributed by atoms with van der Waals surface area (Å²) in [6.07, 6.45) is -0.556. The first kappa shape index (κ1) is 17.2. The molecule has 0 aromatic heterocycles. The van der Waals surface area contributed by atoms with Gasteiger partial charge in [0, 0.05) is 13.5 Å². The Morgan fingerprint density at radius 3 is 2.16 bits per heavy atom. The van der Waals surface area contributed by atoms with Crippen molar-refractivity contribution in [3.05, 3.63) is 0 Å². The van der Waals surface area contributed by atoms with Crippen LogP contribution < -0.4 is 5.32 Å². The highest BCUT2D eigenvalue weighted by Crippen LogP contribution is 2.04. The summed E-state index contributed by atoms with van der Waals surface area (Å²) in [7, 11) is 1.41. The van der Waals surface area contributed by atoms with Gasteiger partial charge in [-0.25, -0.2) is 9.59 Å². The van der Waals surface area contributed by atoms with Crippen LogP contribution in [0.5, 0.6) is 0 Å². The van der Waals surface area contributed by atoms with Crippen molar-refractivity contribution in [3.8, 4) is 0 Å². The van der Waals surface area contributed by atoms with Gasteiger partial charge in [0.05, 0.1) is 12.1 Å². The first-order valence-electron chi connectivity index (χ1n) is 5.71. The second-order valence-corrected chi connectivity index (χ2v) is 4.94. The van der Waals surface area contributed by atoms with E-state index >= 15 is 0 Å². The fourth-order valence-corrected chi connectivity index (χ4v) is 1.44. The van der Waals surface area contributed by atoms with E-state index in [-0.39, 0.29) is 19.4 Å². The van der Waals surface area contributed by atoms with Crippen molar-refractivity contribution in [1.82, 2.24) is 10.2 Å². The van der Waals surface area contributed by atoms with Gasteiger partial charge in [0.15, 0.2) is 0 Å². The number of carbonyl (C=O) groups excluding carboxylic acids is 1. The molecule has 0 aromatic carbocycles. The number of carboxylic acids is 2. The second-order valence-electron chi connectivity index (χ2n) is 4.94. The van der Waals surface area contributed by atoms with E-state index in [1.165, 1.54) is 20.9 Å². The SMILES string of the molecule is CN(CC(C)(C)O)C(=O)N[C@@H](CCC(=O)O)C(=O)O. The van der Waals surface area contributed by atoms with E-state index in [4.69, 9.17) is 10.2 Å². The van der Waals surface area contributed by atoms with Crippen molar-refractivity contribution in [2.75, 3.05) is 13.6 Å². The molecule has 0 saturated heterocycles. The average Bonchev–Trinajstić information content (AvgIpc) is 2.20. The Balaban J connectivity index is 4.46. The maximum atomic E-state index is 11.7. The lowest BCUT2D eigenvalue weighted by Crippen LogP contribution is -2.50. The van der Waals surface area contributed by atoms with E-state index in [0.717, 1.165) is 4.90 Å². The minimum atomic E-state index is -1.30. The topological polar surface area (TPSA) is 127 Å². The fourth-order valence-electron chi connectivity index (χ4n) is 1.44. The summed E-state index contributed by atoms with van der Waals surface area (Å²) in [4.78, 5) is 34.1. The van der Waals surface area contributed by atoms with Crippen molar-refractivity contribution < 1.29 is 29.7 Å². The number of nitrogens with one attached hydrogen (secondary N) is 1. The molecule has 19 heavy (non-hydrogen) atoms. The third-order valence-electron chi connectivity index (χ3n) is 2.21. The second kappa shape index (κ2) is 6.93. The molecule has 0 fully saturated rings. The maximum absolute atomic E-state index is 11.7. The quantitative estimate of drug-likeness (QED) is 0.506. The normalized spacial score (nSPS) is 12.6. The summed E-state index contributed by atoms with van der Waals surface area (Å²) in [6.45, 7) is 3.04. The van der Waals surface area contributed by atoms with Gasteiger partial charge in [-0.1, -0.05) is 0 Å². The Morgan fingerprint density at radius 1 is 1.26 bits per heavy atom. The zero-order valence-electron chi connectivity index (χ0n) is 11.2. The molecule has 0 bridgehead atoms. The van der Waals surface area contributed by atoms with Crippen LogP contribution in [0.15, 0.2) is 0 Å². The Bertz CT molecular complexity index is 350. The molecule has 110 valence electrons. The summed E-state index contributed by atoms with van der Waals surface area (Å²) in [5, 5.41) is 29.1. The standard InChI is InChI=1S/C11H20N2O6/c1-11(2,19)6-13(3)10(18)12-7(9(16)17)4-5-8(14)15/h7,19H,4-6H2,1-3H3,(H,12,18)(H,14,15)(H,16,17)/t7-/m0/s1. The highest BCUT2D eigenvalue weighted by molar-refractivity contribution is 5.83. The largest absolute Gasteiger partial charge is 0.481 e. The van der Waals surface area contributed by atoms with Crippen LogP contribution in [0.1, 0.15) is 26.7 Å². The molecule has 8 nitrogen and oxygen atoms in total. The van der Waals surface area contributed by atoms with Gasteiger partial charge < -0.3 is 25.5 Å². The number of amides is 2. The number of aliphatic hydroxyl groups is 1. The number of aliphatic carboxylic acids is 2. The van der Waals surface area contributed by atoms with Crippen LogP contribution in [0, 0.1) is 0 Å². The number of likely N-dealkylation sites (N-methyl/N-ethyl adjacent to an activating group) is 1. The lowest BCUT2D eigenvalue weighted by molar-refractivity contribution is -0.140. The fraction of sp³-hybridized carbons (Fsp3) is 0.727. The summed E-state index contributed by atoms with van der Waals surface area (Å²) in [6, 6.07) is -1.95. The van der Waals surface area contributed by atoms with Crippen LogP contribution in [0.4, 0.5) is 4.79 Å². The Kier molecular flexibility index (Phi) is 6.26. The number of urea groups is 1. The molecule has 0 unspecified atom stereocenters. The zero-order chi connectivity index (χ0) is 15.2. The molecule has 1 atom stereocenters. The molecule has 2 amide bonds. The molecule has 0 rings (SSSR count). The average molecular weight is 276 g/mol. The number of carbonyl (C=O) groups is 3. The predicted octanol–water partition coefficient (Wildman–Crippen LogP) is -0.283. The number of hydrogen-bond donors (Lipinski definition) is 4. The van der Waals surface area contributed by atoms with Gasteiger partial charge in [0.2, 0.25) is 0 Å². The van der Waals surface area contributed by atoms with E-state index in [2.05, 4.69) is 5.32 Å². The van der Waals surface area contributed by atoms with Gasteiger partial charge >= 0.3 is 18.0 Å². The van der Waals surface area contributed by atoms with Crippen LogP contribution in [0.3, 0.4) is 0 Å². The summed E-state index contributed by atoms with van der Waals surface area (Å²) >= 11 is 0. The van der Waals surface area contributed by atoms with Crippen molar-refractivity contribution >= 4 is 18.0 Å². The Hall–Kier alpha value is -1.83. The van der Waals surface area contributed by atoms with Crippen molar-refractivity contribution in [2.24, 2.45) is 0 Å². The molecule has 0 radical (unpaired) electrons. The van der Waals surface area contributed by atoms with Gasteiger partial charge in [-0.2, -0.15) is 0 Å². The zero-order valence-corrected chi connectivity index (χ0v) is 11.2. The van der Waals surface area contributed by atoms with Gasteiger partial charge in [-0.05, 0) is 20.3 Å². The molecule has 4 N–H and O–H groups in total.